The van der Waals surface area contributed by atoms with Crippen LogP contribution in [-0.2, 0) is 0 Å². The third-order valence-electron chi connectivity index (χ3n) is 3.48. The SMILES string of the molecule is COc1cccc(C(Br)c2cccc3ccccc23)c1. The minimum atomic E-state index is 0.156. The van der Waals surface area contributed by atoms with Crippen LogP contribution >= 0.6 is 15.9 Å². The van der Waals surface area contributed by atoms with Crippen molar-refractivity contribution in [3.05, 3.63) is 77.9 Å². The fourth-order valence-corrected chi connectivity index (χ4v) is 3.13. The molecule has 1 unspecified atom stereocenters. The molecule has 0 heterocycles. The lowest BCUT2D eigenvalue weighted by Crippen LogP contribution is -1.95. The Balaban J connectivity index is 2.10. The van der Waals surface area contributed by atoms with Crippen molar-refractivity contribution in [3.8, 4) is 5.75 Å². The molecule has 1 atom stereocenters. The van der Waals surface area contributed by atoms with Crippen molar-refractivity contribution < 1.29 is 4.74 Å². The maximum Gasteiger partial charge on any atom is 0.119 e. The fraction of sp³-hybridized carbons (Fsp3) is 0.111. The van der Waals surface area contributed by atoms with E-state index in [1.807, 2.05) is 12.1 Å². The van der Waals surface area contributed by atoms with Crippen LogP contribution in [0.3, 0.4) is 0 Å². The molecule has 0 bridgehead atoms. The third-order valence-corrected chi connectivity index (χ3v) is 4.50. The normalized spacial score (nSPS) is 12.3. The molecule has 0 aliphatic carbocycles. The smallest absolute Gasteiger partial charge is 0.119 e. The molecule has 0 radical (unpaired) electrons. The lowest BCUT2D eigenvalue weighted by molar-refractivity contribution is 0.414. The van der Waals surface area contributed by atoms with Gasteiger partial charge in [0.1, 0.15) is 5.75 Å². The maximum atomic E-state index is 5.31. The number of hydrogen-bond acceptors (Lipinski definition) is 1. The summed E-state index contributed by atoms with van der Waals surface area (Å²) in [5.74, 6) is 0.882. The first kappa shape index (κ1) is 13.2. The van der Waals surface area contributed by atoms with Gasteiger partial charge in [-0.05, 0) is 34.0 Å². The van der Waals surface area contributed by atoms with Gasteiger partial charge < -0.3 is 4.74 Å². The van der Waals surface area contributed by atoms with E-state index >= 15 is 0 Å². The zero-order valence-electron chi connectivity index (χ0n) is 11.2. The molecule has 3 aromatic rings. The highest BCUT2D eigenvalue weighted by Crippen LogP contribution is 2.36. The number of halogens is 1. The van der Waals surface area contributed by atoms with Crippen LogP contribution in [-0.4, -0.2) is 7.11 Å². The van der Waals surface area contributed by atoms with Crippen LogP contribution in [0.15, 0.2) is 66.7 Å². The Hall–Kier alpha value is -1.80. The van der Waals surface area contributed by atoms with E-state index in [4.69, 9.17) is 4.74 Å². The third kappa shape index (κ3) is 2.44. The van der Waals surface area contributed by atoms with Crippen LogP contribution in [0.25, 0.3) is 10.8 Å². The molecule has 0 fully saturated rings. The first-order chi connectivity index (χ1) is 9.79. The standard InChI is InChI=1S/C18H15BrO/c1-20-15-9-4-8-14(12-15)18(19)17-11-5-7-13-6-2-3-10-16(13)17/h2-12,18H,1H3. The highest BCUT2D eigenvalue weighted by Gasteiger charge is 2.13. The number of ether oxygens (including phenoxy) is 1. The number of benzene rings is 3. The van der Waals surface area contributed by atoms with Crippen molar-refractivity contribution in [3.63, 3.8) is 0 Å². The lowest BCUT2D eigenvalue weighted by atomic mass is 9.98. The highest BCUT2D eigenvalue weighted by molar-refractivity contribution is 9.09. The Kier molecular flexibility index (Phi) is 3.75. The zero-order valence-corrected chi connectivity index (χ0v) is 12.8. The van der Waals surface area contributed by atoms with E-state index in [1.54, 1.807) is 7.11 Å². The van der Waals surface area contributed by atoms with E-state index in [0.717, 1.165) is 5.75 Å². The maximum absolute atomic E-state index is 5.31. The fourth-order valence-electron chi connectivity index (χ4n) is 2.45. The number of alkyl halides is 1. The Labute approximate surface area is 127 Å². The first-order valence-corrected chi connectivity index (χ1v) is 7.47. The van der Waals surface area contributed by atoms with Crippen LogP contribution in [0, 0.1) is 0 Å². The molecule has 1 nitrogen and oxygen atoms in total. The lowest BCUT2D eigenvalue weighted by Gasteiger charge is -2.14. The quantitative estimate of drug-likeness (QED) is 0.591. The van der Waals surface area contributed by atoms with Gasteiger partial charge in [0, 0.05) is 0 Å². The predicted octanol–water partition coefficient (Wildman–Crippen LogP) is 5.33. The summed E-state index contributed by atoms with van der Waals surface area (Å²) in [5.41, 5.74) is 2.47. The van der Waals surface area contributed by atoms with Gasteiger partial charge in [0.05, 0.1) is 11.9 Å². The van der Waals surface area contributed by atoms with Gasteiger partial charge in [-0.25, -0.2) is 0 Å². The summed E-state index contributed by atoms with van der Waals surface area (Å²) in [5, 5.41) is 2.54. The van der Waals surface area contributed by atoms with Crippen LogP contribution in [0.1, 0.15) is 16.0 Å². The molecule has 100 valence electrons. The first-order valence-electron chi connectivity index (χ1n) is 6.55. The summed E-state index contributed by atoms with van der Waals surface area (Å²) in [6, 6.07) is 23.0. The number of hydrogen-bond donors (Lipinski definition) is 0. The second-order valence-electron chi connectivity index (χ2n) is 4.71. The average molecular weight is 327 g/mol. The molecular formula is C18H15BrO. The van der Waals surface area contributed by atoms with Gasteiger partial charge >= 0.3 is 0 Å². The summed E-state index contributed by atoms with van der Waals surface area (Å²) >= 11 is 3.82. The molecule has 0 saturated carbocycles. The van der Waals surface area contributed by atoms with Crippen molar-refractivity contribution in [1.29, 1.82) is 0 Å². The molecule has 0 aliphatic heterocycles. The highest BCUT2D eigenvalue weighted by atomic mass is 79.9. The van der Waals surface area contributed by atoms with Gasteiger partial charge in [-0.1, -0.05) is 70.5 Å². The van der Waals surface area contributed by atoms with Crippen molar-refractivity contribution in [1.82, 2.24) is 0 Å². The molecule has 0 spiro atoms. The largest absolute Gasteiger partial charge is 0.497 e. The van der Waals surface area contributed by atoms with E-state index in [-0.39, 0.29) is 4.83 Å². The van der Waals surface area contributed by atoms with E-state index in [0.29, 0.717) is 0 Å². The Morgan fingerprint density at radius 1 is 0.900 bits per heavy atom. The van der Waals surface area contributed by atoms with E-state index in [9.17, 15) is 0 Å². The van der Waals surface area contributed by atoms with Crippen LogP contribution in [0.5, 0.6) is 5.75 Å². The van der Waals surface area contributed by atoms with Gasteiger partial charge in [0.25, 0.3) is 0 Å². The summed E-state index contributed by atoms with van der Waals surface area (Å²) < 4.78 is 5.31. The number of fused-ring (bicyclic) bond motifs is 1. The number of rotatable bonds is 3. The average Bonchev–Trinajstić information content (AvgIpc) is 2.53. The molecule has 0 saturated heterocycles. The van der Waals surface area contributed by atoms with Crippen LogP contribution < -0.4 is 4.74 Å². The molecule has 0 amide bonds. The zero-order chi connectivity index (χ0) is 13.9. The van der Waals surface area contributed by atoms with E-state index in [2.05, 4.69) is 70.5 Å². The van der Waals surface area contributed by atoms with Crippen molar-refractivity contribution in [2.45, 2.75) is 4.83 Å². The Bertz CT molecular complexity index is 731. The van der Waals surface area contributed by atoms with Crippen LogP contribution in [0.2, 0.25) is 0 Å². The Morgan fingerprint density at radius 3 is 2.50 bits per heavy atom. The minimum absolute atomic E-state index is 0.156. The van der Waals surface area contributed by atoms with E-state index in [1.165, 1.54) is 21.9 Å². The summed E-state index contributed by atoms with van der Waals surface area (Å²) in [6.07, 6.45) is 0. The minimum Gasteiger partial charge on any atom is -0.497 e. The monoisotopic (exact) mass is 326 g/mol. The van der Waals surface area contributed by atoms with E-state index < -0.39 is 0 Å². The molecule has 3 aromatic carbocycles. The van der Waals surface area contributed by atoms with Gasteiger partial charge in [0.15, 0.2) is 0 Å². The number of methoxy groups -OCH3 is 1. The van der Waals surface area contributed by atoms with Crippen LogP contribution in [0.4, 0.5) is 0 Å². The summed E-state index contributed by atoms with van der Waals surface area (Å²) in [4.78, 5) is 0.156. The predicted molar refractivity (Wildman–Crippen MR) is 87.7 cm³/mol. The van der Waals surface area contributed by atoms with Crippen molar-refractivity contribution in [2.24, 2.45) is 0 Å². The van der Waals surface area contributed by atoms with Crippen molar-refractivity contribution >= 4 is 26.7 Å². The van der Waals surface area contributed by atoms with Gasteiger partial charge in [0.2, 0.25) is 0 Å². The topological polar surface area (TPSA) is 9.23 Å². The van der Waals surface area contributed by atoms with Gasteiger partial charge in [-0.15, -0.1) is 0 Å². The Morgan fingerprint density at radius 2 is 1.65 bits per heavy atom. The molecular weight excluding hydrogens is 312 g/mol. The molecule has 0 N–H and O–H groups in total. The summed E-state index contributed by atoms with van der Waals surface area (Å²) in [6.45, 7) is 0. The molecule has 0 aromatic heterocycles. The molecule has 2 heteroatoms. The molecule has 20 heavy (non-hydrogen) atoms. The molecule has 3 rings (SSSR count). The van der Waals surface area contributed by atoms with Crippen molar-refractivity contribution in [2.75, 3.05) is 7.11 Å². The van der Waals surface area contributed by atoms with Gasteiger partial charge in [-0.2, -0.15) is 0 Å². The molecule has 0 aliphatic rings. The second kappa shape index (κ2) is 5.68. The second-order valence-corrected chi connectivity index (χ2v) is 5.62. The van der Waals surface area contributed by atoms with Gasteiger partial charge in [-0.3, -0.25) is 0 Å². The summed E-state index contributed by atoms with van der Waals surface area (Å²) in [7, 11) is 1.69.